The van der Waals surface area contributed by atoms with Crippen molar-refractivity contribution in [2.75, 3.05) is 0 Å². The number of aryl methyl sites for hydroxylation is 1. The summed E-state index contributed by atoms with van der Waals surface area (Å²) in [5, 5.41) is 0. The van der Waals surface area contributed by atoms with E-state index in [1.807, 2.05) is 0 Å². The third-order valence-corrected chi connectivity index (χ3v) is 8.85. The van der Waals surface area contributed by atoms with Crippen LogP contribution in [0, 0.1) is 62.3 Å². The molecule has 1 heteroatoms. The molecule has 0 nitrogen and oxygen atoms in total. The third kappa shape index (κ3) is 2.82. The Balaban J connectivity index is 2.63. The molecular weight excluding hydrogens is 350 g/mol. The summed E-state index contributed by atoms with van der Waals surface area (Å²) in [4.78, 5) is 0. The molecule has 0 N–H and O–H groups in total. The van der Waals surface area contributed by atoms with Gasteiger partial charge in [-0.3, -0.25) is 0 Å². The summed E-state index contributed by atoms with van der Waals surface area (Å²) >= 11 is -0.129. The summed E-state index contributed by atoms with van der Waals surface area (Å²) in [6.07, 6.45) is 0. The minimum atomic E-state index is -0.129. The van der Waals surface area contributed by atoms with Crippen LogP contribution in [0.1, 0.15) is 50.1 Å². The van der Waals surface area contributed by atoms with E-state index in [1.54, 1.807) is 8.15 Å². The van der Waals surface area contributed by atoms with Crippen LogP contribution in [-0.2, 0) is 17.7 Å². The monoisotopic (exact) mass is 377 g/mol. The van der Waals surface area contributed by atoms with Crippen LogP contribution in [0.15, 0.2) is 6.07 Å². The van der Waals surface area contributed by atoms with E-state index in [4.69, 9.17) is 0 Å². The van der Waals surface area contributed by atoms with Crippen LogP contribution in [0.25, 0.3) is 0 Å². The van der Waals surface area contributed by atoms with Gasteiger partial charge in [-0.2, -0.15) is 0 Å². The van der Waals surface area contributed by atoms with Crippen molar-refractivity contribution in [1.82, 2.24) is 0 Å². The van der Waals surface area contributed by atoms with E-state index < -0.39 is 0 Å². The fraction of sp³-hybridized carbons (Fsp3) is 0.429. The summed E-state index contributed by atoms with van der Waals surface area (Å²) in [6.45, 7) is 20.5. The van der Waals surface area contributed by atoms with Gasteiger partial charge in [0.25, 0.3) is 0 Å². The summed E-state index contributed by atoms with van der Waals surface area (Å²) in [5.41, 5.74) is 13.3. The van der Waals surface area contributed by atoms with Gasteiger partial charge in [0.15, 0.2) is 0 Å². The second kappa shape index (κ2) is 6.30. The van der Waals surface area contributed by atoms with E-state index in [0.717, 1.165) is 0 Å². The predicted molar refractivity (Wildman–Crippen MR) is 94.8 cm³/mol. The first-order chi connectivity index (χ1) is 10.2. The van der Waals surface area contributed by atoms with Crippen molar-refractivity contribution in [2.24, 2.45) is 0 Å². The molecule has 22 heavy (non-hydrogen) atoms. The van der Waals surface area contributed by atoms with Crippen LogP contribution >= 0.6 is 0 Å². The zero-order valence-electron chi connectivity index (χ0n) is 15.5. The first kappa shape index (κ1) is 17.4. The standard InChI is InChI=1S/C11H15.C10H13.Tc/c1-7-6-8(2)10(4)11(5)9(7)3;1-7-5-6-8(2)10(4)9(7)3;/h1-5H3;5H,1-4H3;. The fourth-order valence-corrected chi connectivity index (χ4v) is 6.09. The van der Waals surface area contributed by atoms with Gasteiger partial charge in [-0.15, -0.1) is 0 Å². The average molecular weight is 378 g/mol. The molecule has 0 heterocycles. The minimum absolute atomic E-state index is 0.129. The van der Waals surface area contributed by atoms with Gasteiger partial charge in [-0.25, -0.2) is 0 Å². The normalized spacial score (nSPS) is 11.1. The molecule has 0 aliphatic heterocycles. The quantitative estimate of drug-likeness (QED) is 0.722. The molecular formula is C21H28Tc. The molecule has 0 amide bonds. The van der Waals surface area contributed by atoms with Gasteiger partial charge in [0.05, 0.1) is 0 Å². The third-order valence-electron chi connectivity index (χ3n) is 5.52. The summed E-state index contributed by atoms with van der Waals surface area (Å²) < 4.78 is 3.22. The van der Waals surface area contributed by atoms with Crippen molar-refractivity contribution in [3.8, 4) is 0 Å². The maximum absolute atomic E-state index is 2.44. The molecule has 0 aliphatic carbocycles. The molecule has 119 valence electrons. The Morgan fingerprint density at radius 1 is 0.500 bits per heavy atom. The first-order valence-corrected chi connectivity index (χ1v) is 9.81. The van der Waals surface area contributed by atoms with Crippen LogP contribution in [0.4, 0.5) is 0 Å². The van der Waals surface area contributed by atoms with Crippen molar-refractivity contribution in [2.45, 2.75) is 62.3 Å². The average Bonchev–Trinajstić information content (AvgIpc) is 2.50. The molecule has 0 bridgehead atoms. The van der Waals surface area contributed by atoms with Gasteiger partial charge in [0.1, 0.15) is 0 Å². The number of hydrogen-bond acceptors (Lipinski definition) is 0. The van der Waals surface area contributed by atoms with Crippen molar-refractivity contribution in [1.29, 1.82) is 0 Å². The van der Waals surface area contributed by atoms with Gasteiger partial charge >= 0.3 is 144 Å². The molecule has 0 radical (unpaired) electrons. The van der Waals surface area contributed by atoms with E-state index in [0.29, 0.717) is 0 Å². The van der Waals surface area contributed by atoms with Crippen LogP contribution in [-0.4, -0.2) is 0 Å². The van der Waals surface area contributed by atoms with Crippen LogP contribution < -0.4 is 8.15 Å². The van der Waals surface area contributed by atoms with Crippen LogP contribution in [0.3, 0.4) is 0 Å². The van der Waals surface area contributed by atoms with E-state index in [1.165, 1.54) is 50.1 Å². The topological polar surface area (TPSA) is 0 Å². The van der Waals surface area contributed by atoms with Gasteiger partial charge in [-0.1, -0.05) is 0 Å². The van der Waals surface area contributed by atoms with Gasteiger partial charge < -0.3 is 0 Å². The maximum atomic E-state index is 2.44. The van der Waals surface area contributed by atoms with E-state index in [-0.39, 0.29) is 17.7 Å². The number of rotatable bonds is 2. The Kier molecular flexibility index (Phi) is 4.99. The molecule has 0 atom stereocenters. The van der Waals surface area contributed by atoms with Crippen molar-refractivity contribution in [3.05, 3.63) is 56.1 Å². The van der Waals surface area contributed by atoms with Crippen molar-refractivity contribution >= 4 is 8.15 Å². The Bertz CT molecular complexity index is 722. The Morgan fingerprint density at radius 2 is 0.909 bits per heavy atom. The first-order valence-electron chi connectivity index (χ1n) is 7.96. The van der Waals surface area contributed by atoms with Crippen molar-refractivity contribution < 1.29 is 17.7 Å². The SMILES string of the molecule is Cc1c[c]([Tc][c]2c(C)c(C)c(C)c(C)c2C)c(C)c(C)c1C. The number of benzene rings is 2. The zero-order chi connectivity index (χ0) is 16.8. The molecule has 0 fully saturated rings. The molecule has 0 spiro atoms. The molecule has 0 saturated heterocycles. The zero-order valence-corrected chi connectivity index (χ0v) is 17.3. The van der Waals surface area contributed by atoms with Crippen molar-refractivity contribution in [3.63, 3.8) is 0 Å². The Labute approximate surface area is 144 Å². The summed E-state index contributed by atoms with van der Waals surface area (Å²) in [5.74, 6) is 0. The molecule has 0 unspecified atom stereocenters. The molecule has 0 aromatic heterocycles. The fourth-order valence-electron chi connectivity index (χ4n) is 2.96. The summed E-state index contributed by atoms with van der Waals surface area (Å²) in [7, 11) is 0. The van der Waals surface area contributed by atoms with Gasteiger partial charge in [0, 0.05) is 0 Å². The molecule has 2 aromatic rings. The second-order valence-corrected chi connectivity index (χ2v) is 8.98. The molecule has 2 rings (SSSR count). The van der Waals surface area contributed by atoms with Gasteiger partial charge in [-0.05, 0) is 0 Å². The molecule has 0 aliphatic rings. The van der Waals surface area contributed by atoms with E-state index in [2.05, 4.69) is 68.4 Å². The summed E-state index contributed by atoms with van der Waals surface area (Å²) in [6, 6.07) is 2.44. The van der Waals surface area contributed by atoms with Crippen LogP contribution in [0.5, 0.6) is 0 Å². The second-order valence-electron chi connectivity index (χ2n) is 6.58. The Morgan fingerprint density at radius 3 is 1.41 bits per heavy atom. The molecule has 2 aromatic carbocycles. The van der Waals surface area contributed by atoms with Gasteiger partial charge in [0.2, 0.25) is 0 Å². The van der Waals surface area contributed by atoms with E-state index in [9.17, 15) is 0 Å². The van der Waals surface area contributed by atoms with Crippen LogP contribution in [0.2, 0.25) is 0 Å². The number of hydrogen-bond donors (Lipinski definition) is 0. The Hall–Kier alpha value is -0.911. The van der Waals surface area contributed by atoms with E-state index >= 15 is 0 Å². The molecule has 0 saturated carbocycles. The predicted octanol–water partition coefficient (Wildman–Crippen LogP) is 4.50.